The number of anilines is 3. The highest BCUT2D eigenvalue weighted by molar-refractivity contribution is 6.71. The molecular weight excluding hydrogens is 556 g/mol. The zero-order valence-electron chi connectivity index (χ0n) is 23.5. The minimum Gasteiger partial charge on any atom is -0.432 e. The Morgan fingerprint density at radius 2 is 1.80 bits per heavy atom. The van der Waals surface area contributed by atoms with Gasteiger partial charge in [-0.15, -0.1) is 0 Å². The fourth-order valence-electron chi connectivity index (χ4n) is 7.29. The minimum atomic E-state index is -2.78. The lowest BCUT2D eigenvalue weighted by atomic mass is 9.82. The van der Waals surface area contributed by atoms with Crippen LogP contribution >= 0.6 is 11.6 Å². The monoisotopic (exact) mass is 590 g/mol. The smallest absolute Gasteiger partial charge is 0.264 e. The summed E-state index contributed by atoms with van der Waals surface area (Å²) < 4.78 is 6.65. The molecule has 3 aromatic rings. The Labute approximate surface area is 246 Å². The average Bonchev–Trinajstić information content (AvgIpc) is 3.35. The third kappa shape index (κ3) is 4.53. The lowest BCUT2D eigenvalue weighted by molar-refractivity contribution is -0.146. The number of halogens is 1. The number of aliphatic hydroxyl groups excluding tert-OH is 1. The number of ether oxygens (including phenoxy) is 1. The molecule has 2 N–H and O–H groups in total. The molecule has 6 rings (SSSR count). The van der Waals surface area contributed by atoms with Crippen molar-refractivity contribution in [3.8, 4) is 0 Å². The number of amides is 2. The summed E-state index contributed by atoms with van der Waals surface area (Å²) in [6.07, 6.45) is 1.05. The van der Waals surface area contributed by atoms with E-state index < -0.39 is 20.0 Å². The van der Waals surface area contributed by atoms with Crippen LogP contribution in [0.2, 0.25) is 23.7 Å². The van der Waals surface area contributed by atoms with Crippen LogP contribution in [0.3, 0.4) is 0 Å². The normalized spacial score (nSPS) is 25.7. The zero-order chi connectivity index (χ0) is 29.1. The third-order valence-electron chi connectivity index (χ3n) is 8.96. The van der Waals surface area contributed by atoms with Crippen LogP contribution in [0.4, 0.5) is 17.1 Å². The second-order valence-corrected chi connectivity index (χ2v) is 16.4. The van der Waals surface area contributed by atoms with Gasteiger partial charge in [-0.1, -0.05) is 48.9 Å². The summed E-state index contributed by atoms with van der Waals surface area (Å²) in [4.78, 5) is 42.3. The molecule has 4 atom stereocenters. The standard InChI is InChI=1S/C32H35ClN2O5Si/c1-20-30(41(2,3)39)28(15-16-36)40-32(20)25-18-23(33)12-13-27(25)34(31(32)38)19-21-7-6-9-24(17-21)35-26-10-5-4-8-22(26)11-14-29(35)37/h4-10,12-13,17-18,20,28,30,36,39H,11,14-16,19H2,1-3H3/t20-,28+,30-,32+/m0/s1. The zero-order valence-corrected chi connectivity index (χ0v) is 25.3. The number of rotatable bonds is 6. The summed E-state index contributed by atoms with van der Waals surface area (Å²) in [7, 11) is -2.78. The van der Waals surface area contributed by atoms with E-state index in [-0.39, 0.29) is 36.4 Å². The number of nitrogens with zero attached hydrogens (tertiary/aromatic N) is 2. The molecule has 214 valence electrons. The summed E-state index contributed by atoms with van der Waals surface area (Å²) >= 11 is 6.47. The number of aryl methyl sites for hydroxylation is 1. The van der Waals surface area contributed by atoms with Gasteiger partial charge in [0.25, 0.3) is 5.91 Å². The van der Waals surface area contributed by atoms with Crippen LogP contribution in [-0.4, -0.2) is 42.7 Å². The van der Waals surface area contributed by atoms with Gasteiger partial charge in [0, 0.05) is 40.8 Å². The van der Waals surface area contributed by atoms with Gasteiger partial charge in [0.1, 0.15) is 0 Å². The van der Waals surface area contributed by atoms with Crippen LogP contribution in [0.1, 0.15) is 36.5 Å². The van der Waals surface area contributed by atoms with E-state index in [4.69, 9.17) is 16.3 Å². The van der Waals surface area contributed by atoms with Gasteiger partial charge in [-0.05, 0) is 73.5 Å². The molecule has 7 nitrogen and oxygen atoms in total. The molecule has 41 heavy (non-hydrogen) atoms. The molecule has 0 aliphatic carbocycles. The van der Waals surface area contributed by atoms with Crippen LogP contribution in [0.5, 0.6) is 0 Å². The molecule has 0 saturated carbocycles. The summed E-state index contributed by atoms with van der Waals surface area (Å²) in [6, 6.07) is 21.1. The molecule has 0 aromatic heterocycles. The highest BCUT2D eigenvalue weighted by atomic mass is 35.5. The first kappa shape index (κ1) is 28.1. The molecule has 1 saturated heterocycles. The number of aliphatic hydroxyl groups is 1. The molecule has 0 bridgehead atoms. The van der Waals surface area contributed by atoms with Crippen molar-refractivity contribution in [2.45, 2.75) is 63.1 Å². The number of benzene rings is 3. The van der Waals surface area contributed by atoms with Crippen molar-refractivity contribution in [3.05, 3.63) is 88.4 Å². The predicted molar refractivity (Wildman–Crippen MR) is 162 cm³/mol. The number of carbonyl (C=O) groups is 2. The maximum atomic E-state index is 14.5. The van der Waals surface area contributed by atoms with E-state index in [1.165, 1.54) is 0 Å². The van der Waals surface area contributed by atoms with E-state index in [0.29, 0.717) is 23.4 Å². The Hall–Kier alpha value is -3.01. The number of hydrogen-bond acceptors (Lipinski definition) is 5. The Bertz CT molecular complexity index is 1520. The van der Waals surface area contributed by atoms with E-state index >= 15 is 0 Å². The molecule has 0 unspecified atom stereocenters. The fraction of sp³-hybridized carbons (Fsp3) is 0.375. The number of para-hydroxylation sites is 1. The van der Waals surface area contributed by atoms with E-state index in [1.807, 2.05) is 68.5 Å². The highest BCUT2D eigenvalue weighted by Crippen LogP contribution is 2.60. The van der Waals surface area contributed by atoms with E-state index in [2.05, 4.69) is 6.07 Å². The summed E-state index contributed by atoms with van der Waals surface area (Å²) in [5.41, 5.74) is 3.52. The lowest BCUT2D eigenvalue weighted by Crippen LogP contribution is -2.46. The second-order valence-electron chi connectivity index (χ2n) is 12.0. The number of carbonyl (C=O) groups excluding carboxylic acids is 2. The molecule has 1 fully saturated rings. The van der Waals surface area contributed by atoms with Gasteiger partial charge >= 0.3 is 0 Å². The average molecular weight is 591 g/mol. The third-order valence-corrected chi connectivity index (χ3v) is 11.7. The minimum absolute atomic E-state index is 0.0435. The topological polar surface area (TPSA) is 90.3 Å². The van der Waals surface area contributed by atoms with Crippen molar-refractivity contribution in [2.24, 2.45) is 5.92 Å². The van der Waals surface area contributed by atoms with Crippen molar-refractivity contribution in [1.29, 1.82) is 0 Å². The van der Waals surface area contributed by atoms with Gasteiger partial charge in [0.05, 0.1) is 24.0 Å². The van der Waals surface area contributed by atoms with Gasteiger partial charge in [0.2, 0.25) is 5.91 Å². The molecule has 2 amide bonds. The van der Waals surface area contributed by atoms with Crippen LogP contribution in [0.15, 0.2) is 66.7 Å². The molecule has 9 heteroatoms. The summed E-state index contributed by atoms with van der Waals surface area (Å²) in [5, 5.41) is 10.3. The maximum absolute atomic E-state index is 14.5. The van der Waals surface area contributed by atoms with Gasteiger partial charge < -0.3 is 19.5 Å². The highest BCUT2D eigenvalue weighted by Gasteiger charge is 2.66. The number of fused-ring (bicyclic) bond motifs is 3. The SMILES string of the molecule is C[C@H]1[C@H]([Si](C)(C)O)[C@@H](CCO)O[C@]12C(=O)N(Cc1cccc(N3C(=O)CCc4ccccc43)c1)c1ccc(Cl)cc12. The lowest BCUT2D eigenvalue weighted by Gasteiger charge is -2.32. The first-order chi connectivity index (χ1) is 19.6. The molecular formula is C32H35ClN2O5Si. The largest absolute Gasteiger partial charge is 0.432 e. The van der Waals surface area contributed by atoms with Crippen molar-refractivity contribution >= 4 is 48.8 Å². The molecule has 3 aromatic carbocycles. The summed E-state index contributed by atoms with van der Waals surface area (Å²) in [5.74, 6) is -0.480. The molecule has 3 heterocycles. The summed E-state index contributed by atoms with van der Waals surface area (Å²) in [6.45, 7) is 5.88. The first-order valence-corrected chi connectivity index (χ1v) is 17.6. The van der Waals surface area contributed by atoms with Gasteiger partial charge in [-0.2, -0.15) is 0 Å². The Morgan fingerprint density at radius 3 is 2.56 bits per heavy atom. The quantitative estimate of drug-likeness (QED) is 0.361. The molecule has 3 aliphatic heterocycles. The van der Waals surface area contributed by atoms with Crippen LogP contribution < -0.4 is 9.80 Å². The Morgan fingerprint density at radius 1 is 1.02 bits per heavy atom. The Kier molecular flexibility index (Phi) is 7.11. The van der Waals surface area contributed by atoms with Crippen molar-refractivity contribution < 1.29 is 24.2 Å². The first-order valence-electron chi connectivity index (χ1n) is 14.2. The van der Waals surface area contributed by atoms with Gasteiger partial charge in [-0.25, -0.2) is 0 Å². The Balaban J connectivity index is 1.39. The van der Waals surface area contributed by atoms with Crippen LogP contribution in [-0.2, 0) is 32.9 Å². The van der Waals surface area contributed by atoms with E-state index in [0.717, 1.165) is 34.6 Å². The van der Waals surface area contributed by atoms with Gasteiger partial charge in [0.15, 0.2) is 13.9 Å². The van der Waals surface area contributed by atoms with Crippen molar-refractivity contribution in [2.75, 3.05) is 16.4 Å². The number of hydrogen-bond donors (Lipinski definition) is 2. The van der Waals surface area contributed by atoms with Gasteiger partial charge in [-0.3, -0.25) is 14.5 Å². The van der Waals surface area contributed by atoms with Crippen molar-refractivity contribution in [3.63, 3.8) is 0 Å². The predicted octanol–water partition coefficient (Wildman–Crippen LogP) is 5.68. The molecule has 1 spiro atoms. The van der Waals surface area contributed by atoms with Crippen molar-refractivity contribution in [1.82, 2.24) is 0 Å². The van der Waals surface area contributed by atoms with E-state index in [9.17, 15) is 19.5 Å². The van der Waals surface area contributed by atoms with Crippen LogP contribution in [0.25, 0.3) is 0 Å². The maximum Gasteiger partial charge on any atom is 0.264 e. The molecule has 3 aliphatic rings. The second kappa shape index (κ2) is 10.4. The molecule has 0 radical (unpaired) electrons. The van der Waals surface area contributed by atoms with E-state index in [1.54, 1.807) is 21.9 Å². The van der Waals surface area contributed by atoms with Crippen LogP contribution in [0, 0.1) is 5.92 Å². The fourth-order valence-corrected chi connectivity index (χ4v) is 10.1.